The summed E-state index contributed by atoms with van der Waals surface area (Å²) < 4.78 is 5.40. The molecule has 0 bridgehead atoms. The Kier molecular flexibility index (Phi) is 4.63. The van der Waals surface area contributed by atoms with Crippen LogP contribution in [-0.4, -0.2) is 29.8 Å². The summed E-state index contributed by atoms with van der Waals surface area (Å²) in [6.07, 6.45) is 3.93. The van der Waals surface area contributed by atoms with Gasteiger partial charge < -0.3 is 15.2 Å². The maximum atomic E-state index is 12.7. The molecule has 0 unspecified atom stereocenters. The molecule has 1 spiro atoms. The number of aryl methyl sites for hydroxylation is 2. The Labute approximate surface area is 147 Å². The Bertz CT molecular complexity index is 703. The number of amides is 1. The zero-order valence-electron chi connectivity index (χ0n) is 14.4. The van der Waals surface area contributed by atoms with E-state index >= 15 is 0 Å². The number of nitrogens with one attached hydrogen (secondary N) is 1. The van der Waals surface area contributed by atoms with Crippen molar-refractivity contribution >= 4 is 23.1 Å². The molecule has 1 aliphatic heterocycles. The summed E-state index contributed by atoms with van der Waals surface area (Å²) in [6, 6.07) is 3.87. The second kappa shape index (κ2) is 6.41. The highest BCUT2D eigenvalue weighted by molar-refractivity contribution is 6.36. The summed E-state index contributed by atoms with van der Waals surface area (Å²) in [5.41, 5.74) is 2.38. The molecule has 0 saturated heterocycles. The van der Waals surface area contributed by atoms with E-state index in [1.54, 1.807) is 7.11 Å². The summed E-state index contributed by atoms with van der Waals surface area (Å²) in [5, 5.41) is 14.5. The molecule has 1 aliphatic carbocycles. The highest BCUT2D eigenvalue weighted by atomic mass is 35.5. The minimum absolute atomic E-state index is 0.141. The zero-order chi connectivity index (χ0) is 17.5. The molecule has 1 fully saturated rings. The number of hydrogen-bond donors (Lipinski definition) is 2. The molecule has 4 nitrogen and oxygen atoms in total. The molecular weight excluding hydrogens is 326 g/mol. The van der Waals surface area contributed by atoms with Gasteiger partial charge in [0.2, 0.25) is 0 Å². The zero-order valence-corrected chi connectivity index (χ0v) is 15.2. The van der Waals surface area contributed by atoms with Crippen LogP contribution in [0.5, 0.6) is 0 Å². The second-order valence-corrected chi connectivity index (χ2v) is 7.24. The first kappa shape index (κ1) is 17.3. The van der Waals surface area contributed by atoms with E-state index in [0.29, 0.717) is 29.0 Å². The largest absolute Gasteiger partial charge is 0.509 e. The number of rotatable bonds is 3. The minimum Gasteiger partial charge on any atom is -0.509 e. The van der Waals surface area contributed by atoms with Gasteiger partial charge in [-0.1, -0.05) is 24.6 Å². The lowest BCUT2D eigenvalue weighted by atomic mass is 9.79. The van der Waals surface area contributed by atoms with E-state index in [-0.39, 0.29) is 17.8 Å². The molecule has 3 rings (SSSR count). The lowest BCUT2D eigenvalue weighted by molar-refractivity contribution is -0.116. The Balaban J connectivity index is 2.07. The van der Waals surface area contributed by atoms with Crippen molar-refractivity contribution < 1.29 is 14.6 Å². The first-order valence-electron chi connectivity index (χ1n) is 8.50. The van der Waals surface area contributed by atoms with Crippen molar-refractivity contribution in [2.45, 2.75) is 57.6 Å². The molecule has 1 aromatic carbocycles. The molecule has 5 heteroatoms. The molecule has 1 saturated carbocycles. The maximum Gasteiger partial charge on any atom is 0.256 e. The van der Waals surface area contributed by atoms with Crippen LogP contribution in [0.3, 0.4) is 0 Å². The van der Waals surface area contributed by atoms with Gasteiger partial charge in [-0.25, -0.2) is 0 Å². The number of aliphatic hydroxyl groups is 1. The van der Waals surface area contributed by atoms with Crippen molar-refractivity contribution in [1.82, 2.24) is 5.32 Å². The van der Waals surface area contributed by atoms with Gasteiger partial charge in [-0.2, -0.15) is 0 Å². The van der Waals surface area contributed by atoms with Crippen molar-refractivity contribution in [3.63, 3.8) is 0 Å². The van der Waals surface area contributed by atoms with E-state index in [2.05, 4.69) is 5.32 Å². The Hall–Kier alpha value is -1.52. The molecule has 0 atom stereocenters. The third kappa shape index (κ3) is 2.72. The van der Waals surface area contributed by atoms with Crippen molar-refractivity contribution in [2.75, 3.05) is 7.11 Å². The van der Waals surface area contributed by atoms with E-state index in [1.165, 1.54) is 0 Å². The molecule has 0 aromatic heterocycles. The number of aliphatic hydroxyl groups excluding tert-OH is 1. The predicted molar refractivity (Wildman–Crippen MR) is 95.3 cm³/mol. The summed E-state index contributed by atoms with van der Waals surface area (Å²) in [7, 11) is 1.70. The fraction of sp³-hybridized carbons (Fsp3) is 0.526. The number of carbonyl (C=O) groups excluding carboxylic acids is 1. The highest BCUT2D eigenvalue weighted by Gasteiger charge is 2.48. The Morgan fingerprint density at radius 1 is 1.38 bits per heavy atom. The van der Waals surface area contributed by atoms with Crippen LogP contribution < -0.4 is 5.32 Å². The van der Waals surface area contributed by atoms with Crippen molar-refractivity contribution in [1.29, 1.82) is 0 Å². The van der Waals surface area contributed by atoms with Gasteiger partial charge in [0.1, 0.15) is 5.76 Å². The summed E-state index contributed by atoms with van der Waals surface area (Å²) in [6.45, 7) is 4.00. The van der Waals surface area contributed by atoms with Crippen molar-refractivity contribution in [3.05, 3.63) is 39.6 Å². The van der Waals surface area contributed by atoms with Crippen LogP contribution in [0.25, 0.3) is 5.57 Å². The predicted octanol–water partition coefficient (Wildman–Crippen LogP) is 3.94. The third-order valence-electron chi connectivity index (χ3n) is 5.34. The van der Waals surface area contributed by atoms with Crippen LogP contribution >= 0.6 is 11.6 Å². The normalized spacial score (nSPS) is 27.0. The first-order chi connectivity index (χ1) is 11.4. The highest BCUT2D eigenvalue weighted by Crippen LogP contribution is 2.44. The fourth-order valence-electron chi connectivity index (χ4n) is 3.97. The molecule has 0 radical (unpaired) electrons. The van der Waals surface area contributed by atoms with Crippen LogP contribution in [-0.2, 0) is 16.0 Å². The molecular formula is C19H24ClNO3. The van der Waals surface area contributed by atoms with Crippen LogP contribution in [0.2, 0.25) is 5.02 Å². The standard InChI is InChI=1S/C19H24ClNO3/c1-4-12-9-11(2)10-14(20)15(12)16-17(22)19(21-18(16)23)7-5-13(24-3)6-8-19/h9-10,13,22H,4-8H2,1-3H3,(H,21,23). The summed E-state index contributed by atoms with van der Waals surface area (Å²) in [4.78, 5) is 12.7. The number of ether oxygens (including phenoxy) is 1. The van der Waals surface area contributed by atoms with Gasteiger partial charge in [0.05, 0.1) is 17.2 Å². The van der Waals surface area contributed by atoms with Gasteiger partial charge in [0.15, 0.2) is 0 Å². The maximum absolute atomic E-state index is 12.7. The smallest absolute Gasteiger partial charge is 0.256 e. The molecule has 2 N–H and O–H groups in total. The first-order valence-corrected chi connectivity index (χ1v) is 8.88. The van der Waals surface area contributed by atoms with Crippen LogP contribution in [0.15, 0.2) is 17.9 Å². The number of halogens is 1. The van der Waals surface area contributed by atoms with Gasteiger partial charge in [0.25, 0.3) is 5.91 Å². The summed E-state index contributed by atoms with van der Waals surface area (Å²) in [5.74, 6) is -0.0914. The van der Waals surface area contributed by atoms with E-state index < -0.39 is 5.54 Å². The van der Waals surface area contributed by atoms with Crippen molar-refractivity contribution in [2.24, 2.45) is 0 Å². The van der Waals surface area contributed by atoms with Crippen molar-refractivity contribution in [3.8, 4) is 0 Å². The van der Waals surface area contributed by atoms with Gasteiger partial charge in [0, 0.05) is 17.7 Å². The van der Waals surface area contributed by atoms with Gasteiger partial charge in [-0.05, 0) is 56.2 Å². The quantitative estimate of drug-likeness (QED) is 0.869. The van der Waals surface area contributed by atoms with Gasteiger partial charge in [-0.15, -0.1) is 0 Å². The lowest BCUT2D eigenvalue weighted by Crippen LogP contribution is -2.48. The van der Waals surface area contributed by atoms with Crippen LogP contribution in [0.4, 0.5) is 0 Å². The number of methoxy groups -OCH3 is 1. The summed E-state index contributed by atoms with van der Waals surface area (Å²) >= 11 is 6.45. The van der Waals surface area contributed by atoms with E-state index in [0.717, 1.165) is 30.4 Å². The third-order valence-corrected chi connectivity index (χ3v) is 5.63. The van der Waals surface area contributed by atoms with E-state index in [1.807, 2.05) is 26.0 Å². The molecule has 1 aromatic rings. The monoisotopic (exact) mass is 349 g/mol. The number of hydrogen-bond acceptors (Lipinski definition) is 3. The topological polar surface area (TPSA) is 58.6 Å². The lowest BCUT2D eigenvalue weighted by Gasteiger charge is -2.36. The van der Waals surface area contributed by atoms with Crippen LogP contribution in [0.1, 0.15) is 49.3 Å². The average Bonchev–Trinajstić information content (AvgIpc) is 2.79. The molecule has 2 aliphatic rings. The molecule has 1 amide bonds. The number of carbonyl (C=O) groups is 1. The molecule has 130 valence electrons. The van der Waals surface area contributed by atoms with E-state index in [4.69, 9.17) is 16.3 Å². The second-order valence-electron chi connectivity index (χ2n) is 6.83. The SMILES string of the molecule is CCc1cc(C)cc(Cl)c1C1=C(O)C2(CCC(OC)CC2)NC1=O. The van der Waals surface area contributed by atoms with Gasteiger partial charge >= 0.3 is 0 Å². The minimum atomic E-state index is -0.666. The van der Waals surface area contributed by atoms with Crippen LogP contribution in [0, 0.1) is 6.92 Å². The fourth-order valence-corrected chi connectivity index (χ4v) is 4.36. The molecule has 1 heterocycles. The Morgan fingerprint density at radius 3 is 2.62 bits per heavy atom. The molecule has 24 heavy (non-hydrogen) atoms. The Morgan fingerprint density at radius 2 is 2.04 bits per heavy atom. The van der Waals surface area contributed by atoms with E-state index in [9.17, 15) is 9.90 Å². The average molecular weight is 350 g/mol. The number of benzene rings is 1. The van der Waals surface area contributed by atoms with Gasteiger partial charge in [-0.3, -0.25) is 4.79 Å².